The third-order valence-electron chi connectivity index (χ3n) is 3.50. The summed E-state index contributed by atoms with van der Waals surface area (Å²) in [6.07, 6.45) is 5.21. The molecule has 3 rings (SSSR count). The van der Waals surface area contributed by atoms with E-state index in [4.69, 9.17) is 4.42 Å². The van der Waals surface area contributed by atoms with E-state index in [2.05, 4.69) is 52.4 Å². The fourth-order valence-electron chi connectivity index (χ4n) is 2.57. The molecule has 1 aromatic carbocycles. The van der Waals surface area contributed by atoms with E-state index in [1.165, 1.54) is 17.5 Å². The van der Waals surface area contributed by atoms with Gasteiger partial charge in [-0.1, -0.05) is 6.07 Å². The standard InChI is InChI=1S/C15H16BrNO/c1-10-5-6-12(16)14(9-10)17-13-3-2-4-15-11(13)7-8-18-15/h5-9,13,17H,2-4H2,1H3. The summed E-state index contributed by atoms with van der Waals surface area (Å²) in [6.45, 7) is 2.11. The highest BCUT2D eigenvalue weighted by Crippen LogP contribution is 2.35. The van der Waals surface area contributed by atoms with Crippen molar-refractivity contribution in [2.45, 2.75) is 32.2 Å². The minimum Gasteiger partial charge on any atom is -0.469 e. The molecule has 1 N–H and O–H groups in total. The number of hydrogen-bond donors (Lipinski definition) is 1. The summed E-state index contributed by atoms with van der Waals surface area (Å²) in [5, 5.41) is 3.63. The number of rotatable bonds is 2. The lowest BCUT2D eigenvalue weighted by Crippen LogP contribution is -2.16. The van der Waals surface area contributed by atoms with Crippen LogP contribution in [0.15, 0.2) is 39.4 Å². The first-order valence-electron chi connectivity index (χ1n) is 6.33. The minimum absolute atomic E-state index is 0.366. The molecule has 0 bridgehead atoms. The van der Waals surface area contributed by atoms with Crippen molar-refractivity contribution in [1.82, 2.24) is 0 Å². The van der Waals surface area contributed by atoms with Gasteiger partial charge < -0.3 is 9.73 Å². The molecule has 0 saturated carbocycles. The van der Waals surface area contributed by atoms with E-state index in [9.17, 15) is 0 Å². The third kappa shape index (κ3) is 2.19. The lowest BCUT2D eigenvalue weighted by atomic mass is 9.93. The number of fused-ring (bicyclic) bond motifs is 1. The van der Waals surface area contributed by atoms with Crippen LogP contribution in [-0.4, -0.2) is 0 Å². The Bertz CT molecular complexity index is 561. The van der Waals surface area contributed by atoms with Crippen LogP contribution in [0.4, 0.5) is 5.69 Å². The van der Waals surface area contributed by atoms with E-state index in [1.807, 2.05) is 0 Å². The van der Waals surface area contributed by atoms with Crippen LogP contribution in [0.25, 0.3) is 0 Å². The third-order valence-corrected chi connectivity index (χ3v) is 4.20. The van der Waals surface area contributed by atoms with Crippen LogP contribution >= 0.6 is 15.9 Å². The topological polar surface area (TPSA) is 25.2 Å². The SMILES string of the molecule is Cc1ccc(Br)c(NC2CCCc3occc32)c1. The highest BCUT2D eigenvalue weighted by Gasteiger charge is 2.22. The second-order valence-electron chi connectivity index (χ2n) is 4.87. The molecule has 2 nitrogen and oxygen atoms in total. The summed E-state index contributed by atoms with van der Waals surface area (Å²) < 4.78 is 6.64. The maximum Gasteiger partial charge on any atom is 0.109 e. The summed E-state index contributed by atoms with van der Waals surface area (Å²) in [5.74, 6) is 1.14. The van der Waals surface area contributed by atoms with Gasteiger partial charge in [-0.2, -0.15) is 0 Å². The van der Waals surface area contributed by atoms with Gasteiger partial charge in [-0.15, -0.1) is 0 Å². The first kappa shape index (κ1) is 11.8. The zero-order chi connectivity index (χ0) is 12.5. The Morgan fingerprint density at radius 2 is 2.22 bits per heavy atom. The number of nitrogens with one attached hydrogen (secondary N) is 1. The number of anilines is 1. The maximum atomic E-state index is 5.53. The van der Waals surface area contributed by atoms with Crippen LogP contribution < -0.4 is 5.32 Å². The predicted octanol–water partition coefficient (Wildman–Crippen LogP) is 4.84. The zero-order valence-corrected chi connectivity index (χ0v) is 12.0. The molecule has 94 valence electrons. The van der Waals surface area contributed by atoms with Crippen molar-refractivity contribution in [1.29, 1.82) is 0 Å². The largest absolute Gasteiger partial charge is 0.469 e. The number of hydrogen-bond acceptors (Lipinski definition) is 2. The summed E-state index contributed by atoms with van der Waals surface area (Å²) in [5.41, 5.74) is 3.74. The summed E-state index contributed by atoms with van der Waals surface area (Å²) >= 11 is 3.60. The molecule has 0 spiro atoms. The Hall–Kier alpha value is -1.22. The molecular formula is C15H16BrNO. The smallest absolute Gasteiger partial charge is 0.109 e. The average Bonchev–Trinajstić information content (AvgIpc) is 2.83. The van der Waals surface area contributed by atoms with E-state index in [1.54, 1.807) is 6.26 Å². The van der Waals surface area contributed by atoms with Gasteiger partial charge in [0.05, 0.1) is 12.3 Å². The molecule has 0 radical (unpaired) electrons. The quantitative estimate of drug-likeness (QED) is 0.859. The highest BCUT2D eigenvalue weighted by atomic mass is 79.9. The van der Waals surface area contributed by atoms with Crippen LogP contribution in [0, 0.1) is 6.92 Å². The molecular weight excluding hydrogens is 290 g/mol. The predicted molar refractivity (Wildman–Crippen MR) is 76.9 cm³/mol. The van der Waals surface area contributed by atoms with Gasteiger partial charge in [0.2, 0.25) is 0 Å². The maximum absolute atomic E-state index is 5.53. The van der Waals surface area contributed by atoms with Gasteiger partial charge in [0.25, 0.3) is 0 Å². The summed E-state index contributed by atoms with van der Waals surface area (Å²) in [4.78, 5) is 0. The Labute approximate surface area is 116 Å². The molecule has 1 aliphatic rings. The molecule has 2 aromatic rings. The number of halogens is 1. The molecule has 0 saturated heterocycles. The van der Waals surface area contributed by atoms with Crippen LogP contribution in [-0.2, 0) is 6.42 Å². The molecule has 0 amide bonds. The van der Waals surface area contributed by atoms with Crippen molar-refractivity contribution in [3.63, 3.8) is 0 Å². The van der Waals surface area contributed by atoms with Crippen LogP contribution in [0.5, 0.6) is 0 Å². The van der Waals surface area contributed by atoms with Gasteiger partial charge >= 0.3 is 0 Å². The molecule has 1 heterocycles. The summed E-state index contributed by atoms with van der Waals surface area (Å²) in [7, 11) is 0. The highest BCUT2D eigenvalue weighted by molar-refractivity contribution is 9.10. The molecule has 1 unspecified atom stereocenters. The van der Waals surface area contributed by atoms with Crippen molar-refractivity contribution < 1.29 is 4.42 Å². The van der Waals surface area contributed by atoms with Crippen molar-refractivity contribution in [2.24, 2.45) is 0 Å². The molecule has 0 fully saturated rings. The van der Waals surface area contributed by atoms with Crippen molar-refractivity contribution in [2.75, 3.05) is 5.32 Å². The number of aryl methyl sites for hydroxylation is 2. The van der Waals surface area contributed by atoms with Gasteiger partial charge in [0, 0.05) is 22.1 Å². The molecule has 18 heavy (non-hydrogen) atoms. The second kappa shape index (κ2) is 4.81. The van der Waals surface area contributed by atoms with Crippen LogP contribution in [0.1, 0.15) is 35.8 Å². The summed E-state index contributed by atoms with van der Waals surface area (Å²) in [6, 6.07) is 8.84. The molecule has 1 atom stereocenters. The van der Waals surface area contributed by atoms with Gasteiger partial charge in [-0.3, -0.25) is 0 Å². The van der Waals surface area contributed by atoms with Gasteiger partial charge in [0.1, 0.15) is 5.76 Å². The first-order chi connectivity index (χ1) is 8.74. The van der Waals surface area contributed by atoms with E-state index in [0.717, 1.165) is 28.8 Å². The van der Waals surface area contributed by atoms with Crippen molar-refractivity contribution >= 4 is 21.6 Å². The molecule has 0 aliphatic heterocycles. The Morgan fingerprint density at radius 1 is 1.33 bits per heavy atom. The normalized spacial score (nSPS) is 18.4. The van der Waals surface area contributed by atoms with E-state index in [0.29, 0.717) is 6.04 Å². The Kier molecular flexibility index (Phi) is 3.16. The zero-order valence-electron chi connectivity index (χ0n) is 10.4. The fraction of sp³-hybridized carbons (Fsp3) is 0.333. The molecule has 1 aromatic heterocycles. The number of benzene rings is 1. The van der Waals surface area contributed by atoms with Crippen molar-refractivity contribution in [3.05, 3.63) is 51.9 Å². The average molecular weight is 306 g/mol. The lowest BCUT2D eigenvalue weighted by molar-refractivity contribution is 0.461. The molecule has 3 heteroatoms. The van der Waals surface area contributed by atoms with E-state index >= 15 is 0 Å². The van der Waals surface area contributed by atoms with E-state index in [-0.39, 0.29) is 0 Å². The van der Waals surface area contributed by atoms with Crippen molar-refractivity contribution in [3.8, 4) is 0 Å². The Balaban J connectivity index is 1.88. The number of furan rings is 1. The van der Waals surface area contributed by atoms with Gasteiger partial charge in [-0.25, -0.2) is 0 Å². The van der Waals surface area contributed by atoms with Gasteiger partial charge in [0.15, 0.2) is 0 Å². The van der Waals surface area contributed by atoms with Gasteiger partial charge in [-0.05, 0) is 59.5 Å². The van der Waals surface area contributed by atoms with Crippen LogP contribution in [0.2, 0.25) is 0 Å². The van der Waals surface area contributed by atoms with Crippen LogP contribution in [0.3, 0.4) is 0 Å². The monoisotopic (exact) mass is 305 g/mol. The second-order valence-corrected chi connectivity index (χ2v) is 5.73. The lowest BCUT2D eigenvalue weighted by Gasteiger charge is -2.24. The minimum atomic E-state index is 0.366. The first-order valence-corrected chi connectivity index (χ1v) is 7.12. The fourth-order valence-corrected chi connectivity index (χ4v) is 2.93. The van der Waals surface area contributed by atoms with E-state index < -0.39 is 0 Å². The Morgan fingerprint density at radius 3 is 3.11 bits per heavy atom. The molecule has 1 aliphatic carbocycles.